The van der Waals surface area contributed by atoms with Gasteiger partial charge in [0.2, 0.25) is 0 Å². The first-order valence-corrected chi connectivity index (χ1v) is 5.55. The Morgan fingerprint density at radius 2 is 2.18 bits per heavy atom. The van der Waals surface area contributed by atoms with Crippen molar-refractivity contribution < 1.29 is 19.8 Å². The molecular weight excluding hydrogens is 220 g/mol. The molecule has 2 atom stereocenters. The quantitative estimate of drug-likeness (QED) is 0.806. The number of carboxylic acid groups (broad SMARTS) is 1. The summed E-state index contributed by atoms with van der Waals surface area (Å²) in [7, 11) is 0. The second kappa shape index (κ2) is 4.30. The van der Waals surface area contributed by atoms with Gasteiger partial charge in [-0.15, -0.1) is 0 Å². The van der Waals surface area contributed by atoms with Crippen molar-refractivity contribution in [3.63, 3.8) is 0 Å². The van der Waals surface area contributed by atoms with Crippen molar-refractivity contribution in [2.24, 2.45) is 5.92 Å². The number of hydrogen-bond donors (Lipinski definition) is 2. The number of ketones is 1. The molecule has 90 valence electrons. The molecule has 4 heteroatoms. The fourth-order valence-corrected chi connectivity index (χ4v) is 2.28. The fraction of sp³-hybridized carbons (Fsp3) is 0.385. The summed E-state index contributed by atoms with van der Waals surface area (Å²) in [4.78, 5) is 22.8. The first-order chi connectivity index (χ1) is 8.00. The van der Waals surface area contributed by atoms with Crippen LogP contribution >= 0.6 is 0 Å². The van der Waals surface area contributed by atoms with Gasteiger partial charge in [-0.3, -0.25) is 4.79 Å². The van der Waals surface area contributed by atoms with Crippen LogP contribution in [0.1, 0.15) is 27.9 Å². The lowest BCUT2D eigenvalue weighted by molar-refractivity contribution is -0.148. The molecule has 0 spiro atoms. The number of aliphatic hydroxyl groups is 1. The third-order valence-electron chi connectivity index (χ3n) is 3.22. The number of aliphatic hydroxyl groups excluding tert-OH is 1. The van der Waals surface area contributed by atoms with Gasteiger partial charge in [-0.25, -0.2) is 4.79 Å². The first-order valence-electron chi connectivity index (χ1n) is 5.55. The molecule has 4 nitrogen and oxygen atoms in total. The average molecular weight is 234 g/mol. The van der Waals surface area contributed by atoms with Gasteiger partial charge in [-0.05, 0) is 25.3 Å². The van der Waals surface area contributed by atoms with Crippen LogP contribution in [0.4, 0.5) is 0 Å². The first kappa shape index (κ1) is 11.8. The van der Waals surface area contributed by atoms with E-state index >= 15 is 0 Å². The summed E-state index contributed by atoms with van der Waals surface area (Å²) >= 11 is 0. The molecular formula is C13H14O4. The summed E-state index contributed by atoms with van der Waals surface area (Å²) < 4.78 is 0. The van der Waals surface area contributed by atoms with Crippen LogP contribution < -0.4 is 0 Å². The highest BCUT2D eigenvalue weighted by molar-refractivity contribution is 6.02. The van der Waals surface area contributed by atoms with E-state index in [2.05, 4.69) is 0 Å². The van der Waals surface area contributed by atoms with E-state index in [1.807, 2.05) is 19.1 Å². The number of Topliss-reactive ketones (excluding diaryl/α,β-unsaturated/α-hetero) is 1. The van der Waals surface area contributed by atoms with Gasteiger partial charge in [0.1, 0.15) is 0 Å². The van der Waals surface area contributed by atoms with Crippen molar-refractivity contribution in [1.82, 2.24) is 0 Å². The van der Waals surface area contributed by atoms with Crippen molar-refractivity contribution in [1.29, 1.82) is 0 Å². The van der Waals surface area contributed by atoms with Crippen molar-refractivity contribution in [3.05, 3.63) is 34.9 Å². The van der Waals surface area contributed by atoms with E-state index in [1.54, 1.807) is 6.07 Å². The smallest absolute Gasteiger partial charge is 0.333 e. The van der Waals surface area contributed by atoms with Crippen LogP contribution in [0.5, 0.6) is 0 Å². The molecule has 2 rings (SSSR count). The molecule has 1 aliphatic rings. The van der Waals surface area contributed by atoms with Crippen LogP contribution in [-0.4, -0.2) is 28.1 Å². The highest BCUT2D eigenvalue weighted by Gasteiger charge is 2.36. The van der Waals surface area contributed by atoms with Crippen molar-refractivity contribution in [2.45, 2.75) is 25.9 Å². The molecule has 1 aromatic rings. The zero-order valence-corrected chi connectivity index (χ0v) is 9.51. The minimum atomic E-state index is -1.60. The average Bonchev–Trinajstić information content (AvgIpc) is 2.28. The summed E-state index contributed by atoms with van der Waals surface area (Å²) in [5.41, 5.74) is 2.57. The number of aliphatic carboxylic acids is 1. The van der Waals surface area contributed by atoms with E-state index in [9.17, 15) is 14.7 Å². The summed E-state index contributed by atoms with van der Waals surface area (Å²) in [6.45, 7) is 1.95. The standard InChI is InChI=1S/C13H14O4/c1-7-2-4-9-8(6-7)3-5-10(11(9)14)12(15)13(16)17/h2,4,6,10,12,15H,3,5H2,1H3,(H,16,17). The molecule has 0 radical (unpaired) electrons. The van der Waals surface area contributed by atoms with Crippen LogP contribution in [-0.2, 0) is 11.2 Å². The predicted molar refractivity (Wildman–Crippen MR) is 61.0 cm³/mol. The maximum Gasteiger partial charge on any atom is 0.333 e. The third-order valence-corrected chi connectivity index (χ3v) is 3.22. The summed E-state index contributed by atoms with van der Waals surface area (Å²) in [6, 6.07) is 5.48. The van der Waals surface area contributed by atoms with Crippen LogP contribution in [0.25, 0.3) is 0 Å². The summed E-state index contributed by atoms with van der Waals surface area (Å²) in [5.74, 6) is -2.41. The van der Waals surface area contributed by atoms with E-state index in [1.165, 1.54) is 0 Å². The minimum absolute atomic E-state index is 0.263. The van der Waals surface area contributed by atoms with Crippen molar-refractivity contribution in [3.8, 4) is 0 Å². The Hall–Kier alpha value is -1.68. The lowest BCUT2D eigenvalue weighted by atomic mass is 9.79. The number of carbonyl (C=O) groups excluding carboxylic acids is 1. The molecule has 0 saturated heterocycles. The SMILES string of the molecule is Cc1ccc2c(c1)CCC(C(O)C(=O)O)C2=O. The Morgan fingerprint density at radius 3 is 2.82 bits per heavy atom. The molecule has 1 aromatic carbocycles. The maximum atomic E-state index is 12.1. The summed E-state index contributed by atoms with van der Waals surface area (Å²) in [5, 5.41) is 18.2. The number of carboxylic acids is 1. The lowest BCUT2D eigenvalue weighted by Crippen LogP contribution is -2.37. The molecule has 17 heavy (non-hydrogen) atoms. The number of fused-ring (bicyclic) bond motifs is 1. The van der Waals surface area contributed by atoms with E-state index in [0.717, 1.165) is 11.1 Å². The second-order valence-corrected chi connectivity index (χ2v) is 4.45. The number of rotatable bonds is 2. The molecule has 0 fully saturated rings. The normalized spacial score (nSPS) is 20.8. The molecule has 0 saturated carbocycles. The third kappa shape index (κ3) is 2.08. The molecule has 0 aromatic heterocycles. The van der Waals surface area contributed by atoms with Gasteiger partial charge in [-0.1, -0.05) is 23.8 Å². The number of benzene rings is 1. The van der Waals surface area contributed by atoms with Crippen molar-refractivity contribution in [2.75, 3.05) is 0 Å². The molecule has 2 N–H and O–H groups in total. The molecule has 2 unspecified atom stereocenters. The van der Waals surface area contributed by atoms with Crippen LogP contribution in [0.3, 0.4) is 0 Å². The van der Waals surface area contributed by atoms with Crippen LogP contribution in [0.2, 0.25) is 0 Å². The van der Waals surface area contributed by atoms with E-state index < -0.39 is 18.0 Å². The van der Waals surface area contributed by atoms with Gasteiger partial charge in [0, 0.05) is 5.56 Å². The molecule has 0 aliphatic heterocycles. The Labute approximate surface area is 98.9 Å². The highest BCUT2D eigenvalue weighted by Crippen LogP contribution is 2.28. The highest BCUT2D eigenvalue weighted by atomic mass is 16.4. The summed E-state index contributed by atoms with van der Waals surface area (Å²) in [6.07, 6.45) is -0.572. The van der Waals surface area contributed by atoms with E-state index in [0.29, 0.717) is 18.4 Å². The van der Waals surface area contributed by atoms with Gasteiger partial charge in [0.15, 0.2) is 11.9 Å². The number of aryl methyl sites for hydroxylation is 2. The Kier molecular flexibility index (Phi) is 2.98. The molecule has 0 amide bonds. The van der Waals surface area contributed by atoms with Gasteiger partial charge in [0.05, 0.1) is 5.92 Å². The molecule has 0 heterocycles. The predicted octanol–water partition coefficient (Wildman–Crippen LogP) is 1.19. The van der Waals surface area contributed by atoms with Gasteiger partial charge >= 0.3 is 5.97 Å². The van der Waals surface area contributed by atoms with E-state index in [-0.39, 0.29) is 5.78 Å². The topological polar surface area (TPSA) is 74.6 Å². The Bertz CT molecular complexity index is 478. The number of carbonyl (C=O) groups is 2. The van der Waals surface area contributed by atoms with Gasteiger partial charge < -0.3 is 10.2 Å². The lowest BCUT2D eigenvalue weighted by Gasteiger charge is -2.25. The van der Waals surface area contributed by atoms with Gasteiger partial charge in [-0.2, -0.15) is 0 Å². The van der Waals surface area contributed by atoms with Crippen molar-refractivity contribution >= 4 is 11.8 Å². The Morgan fingerprint density at radius 1 is 1.47 bits per heavy atom. The number of hydrogen-bond acceptors (Lipinski definition) is 3. The minimum Gasteiger partial charge on any atom is -0.479 e. The monoisotopic (exact) mass is 234 g/mol. The largest absolute Gasteiger partial charge is 0.479 e. The molecule has 1 aliphatic carbocycles. The zero-order valence-electron chi connectivity index (χ0n) is 9.51. The molecule has 0 bridgehead atoms. The second-order valence-electron chi connectivity index (χ2n) is 4.45. The zero-order chi connectivity index (χ0) is 12.6. The fourth-order valence-electron chi connectivity index (χ4n) is 2.28. The van der Waals surface area contributed by atoms with Crippen LogP contribution in [0.15, 0.2) is 18.2 Å². The Balaban J connectivity index is 2.33. The van der Waals surface area contributed by atoms with Gasteiger partial charge in [0.25, 0.3) is 0 Å². The van der Waals surface area contributed by atoms with Crippen LogP contribution in [0, 0.1) is 12.8 Å². The maximum absolute atomic E-state index is 12.1. The van der Waals surface area contributed by atoms with E-state index in [4.69, 9.17) is 5.11 Å².